The van der Waals surface area contributed by atoms with Gasteiger partial charge in [-0.25, -0.2) is 0 Å². The lowest BCUT2D eigenvalue weighted by atomic mass is 10.2. The Hall–Kier alpha value is -2.31. The quantitative estimate of drug-likeness (QED) is 0.665. The van der Waals surface area contributed by atoms with Crippen LogP contribution in [0, 0.1) is 10.1 Å². The standard InChI is InChI=1S/C12H14N2O5/c1-2-3-12(15)13-8-6-10-11(19-5-4-18-10)7-9(8)14(16)17/h6-7H,2-5H2,1H3,(H,13,15). The van der Waals surface area contributed by atoms with Crippen LogP contribution in [-0.4, -0.2) is 24.0 Å². The normalized spacial score (nSPS) is 12.9. The Morgan fingerprint density at radius 2 is 2.00 bits per heavy atom. The van der Waals surface area contributed by atoms with Crippen LogP contribution in [0.25, 0.3) is 0 Å². The monoisotopic (exact) mass is 266 g/mol. The number of hydrogen-bond donors (Lipinski definition) is 1. The van der Waals surface area contributed by atoms with Crippen molar-refractivity contribution in [3.8, 4) is 11.5 Å². The fraction of sp³-hybridized carbons (Fsp3) is 0.417. The van der Waals surface area contributed by atoms with Crippen molar-refractivity contribution in [1.29, 1.82) is 0 Å². The van der Waals surface area contributed by atoms with Crippen LogP contribution < -0.4 is 14.8 Å². The molecule has 0 fully saturated rings. The molecule has 0 saturated heterocycles. The summed E-state index contributed by atoms with van der Waals surface area (Å²) < 4.78 is 10.6. The number of nitrogens with zero attached hydrogens (tertiary/aromatic N) is 1. The molecule has 0 aliphatic carbocycles. The zero-order valence-electron chi connectivity index (χ0n) is 10.5. The summed E-state index contributed by atoms with van der Waals surface area (Å²) in [5.74, 6) is 0.470. The highest BCUT2D eigenvalue weighted by Crippen LogP contribution is 2.39. The van der Waals surface area contributed by atoms with Crippen LogP contribution in [0.15, 0.2) is 12.1 Å². The molecule has 0 aromatic heterocycles. The second-order valence-corrected chi connectivity index (χ2v) is 4.07. The molecule has 0 unspecified atom stereocenters. The van der Waals surface area contributed by atoms with Crippen molar-refractivity contribution in [2.75, 3.05) is 18.5 Å². The van der Waals surface area contributed by atoms with Gasteiger partial charge < -0.3 is 14.8 Å². The smallest absolute Gasteiger partial charge is 0.296 e. The highest BCUT2D eigenvalue weighted by Gasteiger charge is 2.23. The Bertz CT molecular complexity index is 515. The maximum absolute atomic E-state index is 11.5. The summed E-state index contributed by atoms with van der Waals surface area (Å²) in [5, 5.41) is 13.5. The van der Waals surface area contributed by atoms with E-state index >= 15 is 0 Å². The number of fused-ring (bicyclic) bond motifs is 1. The van der Waals surface area contributed by atoms with E-state index in [1.54, 1.807) is 0 Å². The molecule has 1 aliphatic heterocycles. The average molecular weight is 266 g/mol. The number of carbonyl (C=O) groups is 1. The molecule has 1 aromatic carbocycles. The molecule has 0 radical (unpaired) electrons. The predicted octanol–water partition coefficient (Wildman–Crippen LogP) is 2.10. The second-order valence-electron chi connectivity index (χ2n) is 4.07. The molecule has 102 valence electrons. The minimum atomic E-state index is -0.556. The van der Waals surface area contributed by atoms with Gasteiger partial charge in [-0.3, -0.25) is 14.9 Å². The largest absolute Gasteiger partial charge is 0.486 e. The van der Waals surface area contributed by atoms with Gasteiger partial charge in [0, 0.05) is 12.5 Å². The number of benzene rings is 1. The van der Waals surface area contributed by atoms with E-state index in [-0.39, 0.29) is 17.3 Å². The van der Waals surface area contributed by atoms with Crippen molar-refractivity contribution < 1.29 is 19.2 Å². The van der Waals surface area contributed by atoms with Crippen molar-refractivity contribution in [3.63, 3.8) is 0 Å². The molecular weight excluding hydrogens is 252 g/mol. The predicted molar refractivity (Wildman–Crippen MR) is 67.6 cm³/mol. The average Bonchev–Trinajstić information content (AvgIpc) is 2.38. The van der Waals surface area contributed by atoms with E-state index in [9.17, 15) is 14.9 Å². The molecule has 1 aliphatic rings. The van der Waals surface area contributed by atoms with Crippen LogP contribution in [0.1, 0.15) is 19.8 Å². The summed E-state index contributed by atoms with van der Waals surface area (Å²) >= 11 is 0. The molecule has 0 atom stereocenters. The third-order valence-electron chi connectivity index (χ3n) is 2.61. The lowest BCUT2D eigenvalue weighted by Crippen LogP contribution is -2.17. The zero-order chi connectivity index (χ0) is 13.8. The highest BCUT2D eigenvalue weighted by atomic mass is 16.6. The maximum atomic E-state index is 11.5. The third-order valence-corrected chi connectivity index (χ3v) is 2.61. The van der Waals surface area contributed by atoms with Gasteiger partial charge in [0.05, 0.1) is 11.0 Å². The Kier molecular flexibility index (Phi) is 3.84. The number of anilines is 1. The van der Waals surface area contributed by atoms with E-state index in [2.05, 4.69) is 5.32 Å². The number of ether oxygens (including phenoxy) is 2. The number of nitro groups is 1. The molecule has 1 aromatic rings. The van der Waals surface area contributed by atoms with Gasteiger partial charge in [0.2, 0.25) is 5.91 Å². The molecule has 1 heterocycles. The molecule has 0 spiro atoms. The Labute approximate surface area is 109 Å². The summed E-state index contributed by atoms with van der Waals surface area (Å²) in [4.78, 5) is 22.0. The van der Waals surface area contributed by atoms with E-state index in [1.807, 2.05) is 6.92 Å². The summed E-state index contributed by atoms with van der Waals surface area (Å²) in [6.07, 6.45) is 0.982. The number of amides is 1. The second kappa shape index (κ2) is 5.55. The Balaban J connectivity index is 2.34. The van der Waals surface area contributed by atoms with Gasteiger partial charge >= 0.3 is 0 Å². The molecule has 2 rings (SSSR count). The summed E-state index contributed by atoms with van der Waals surface area (Å²) in [6, 6.07) is 2.70. The molecular formula is C12H14N2O5. The fourth-order valence-electron chi connectivity index (χ4n) is 1.77. The first kappa shape index (κ1) is 13.1. The van der Waals surface area contributed by atoms with Crippen molar-refractivity contribution in [2.45, 2.75) is 19.8 Å². The number of carbonyl (C=O) groups excluding carboxylic acids is 1. The summed E-state index contributed by atoms with van der Waals surface area (Å²) in [6.45, 7) is 2.59. The SMILES string of the molecule is CCCC(=O)Nc1cc2c(cc1[N+](=O)[O-])OCCO2. The van der Waals surface area contributed by atoms with Crippen LogP contribution >= 0.6 is 0 Å². The Morgan fingerprint density at radius 3 is 2.58 bits per heavy atom. The van der Waals surface area contributed by atoms with Crippen molar-refractivity contribution in [2.24, 2.45) is 0 Å². The first-order valence-electron chi connectivity index (χ1n) is 5.99. The van der Waals surface area contributed by atoms with Gasteiger partial charge in [-0.15, -0.1) is 0 Å². The van der Waals surface area contributed by atoms with Crippen molar-refractivity contribution in [1.82, 2.24) is 0 Å². The van der Waals surface area contributed by atoms with Gasteiger partial charge in [0.15, 0.2) is 11.5 Å². The lowest BCUT2D eigenvalue weighted by molar-refractivity contribution is -0.384. The van der Waals surface area contributed by atoms with Gasteiger partial charge in [0.25, 0.3) is 5.69 Å². The van der Waals surface area contributed by atoms with E-state index in [0.29, 0.717) is 37.6 Å². The molecule has 0 saturated carbocycles. The molecule has 1 N–H and O–H groups in total. The molecule has 1 amide bonds. The van der Waals surface area contributed by atoms with E-state index < -0.39 is 4.92 Å². The summed E-state index contributed by atoms with van der Waals surface area (Å²) in [5.41, 5.74) is -0.0681. The van der Waals surface area contributed by atoms with Gasteiger partial charge in [0.1, 0.15) is 18.9 Å². The van der Waals surface area contributed by atoms with Gasteiger partial charge in [-0.1, -0.05) is 6.92 Å². The van der Waals surface area contributed by atoms with Crippen LogP contribution in [0.5, 0.6) is 11.5 Å². The number of hydrogen-bond acceptors (Lipinski definition) is 5. The van der Waals surface area contributed by atoms with Gasteiger partial charge in [-0.05, 0) is 6.42 Å². The molecule has 7 heteroatoms. The first-order chi connectivity index (χ1) is 9.11. The minimum absolute atomic E-state index is 0.132. The van der Waals surface area contributed by atoms with Crippen LogP contribution in [-0.2, 0) is 4.79 Å². The van der Waals surface area contributed by atoms with Crippen molar-refractivity contribution >= 4 is 17.3 Å². The maximum Gasteiger partial charge on any atom is 0.296 e. The van der Waals surface area contributed by atoms with Crippen LogP contribution in [0.2, 0.25) is 0 Å². The minimum Gasteiger partial charge on any atom is -0.486 e. The topological polar surface area (TPSA) is 90.7 Å². The fourth-order valence-corrected chi connectivity index (χ4v) is 1.77. The number of rotatable bonds is 4. The number of nitrogens with one attached hydrogen (secondary N) is 1. The van der Waals surface area contributed by atoms with E-state index in [0.717, 1.165) is 0 Å². The van der Waals surface area contributed by atoms with E-state index in [4.69, 9.17) is 9.47 Å². The van der Waals surface area contributed by atoms with E-state index in [1.165, 1.54) is 12.1 Å². The zero-order valence-corrected chi connectivity index (χ0v) is 10.5. The van der Waals surface area contributed by atoms with Crippen molar-refractivity contribution in [3.05, 3.63) is 22.2 Å². The molecule has 19 heavy (non-hydrogen) atoms. The van der Waals surface area contributed by atoms with Gasteiger partial charge in [-0.2, -0.15) is 0 Å². The Morgan fingerprint density at radius 1 is 1.37 bits per heavy atom. The summed E-state index contributed by atoms with van der Waals surface area (Å²) in [7, 11) is 0. The molecule has 0 bridgehead atoms. The number of nitro benzene ring substituents is 1. The highest BCUT2D eigenvalue weighted by molar-refractivity contribution is 5.93. The van der Waals surface area contributed by atoms with Crippen LogP contribution in [0.3, 0.4) is 0 Å². The third kappa shape index (κ3) is 2.93. The lowest BCUT2D eigenvalue weighted by Gasteiger charge is -2.19. The van der Waals surface area contributed by atoms with Crippen LogP contribution in [0.4, 0.5) is 11.4 Å². The first-order valence-corrected chi connectivity index (χ1v) is 5.99. The molecule has 7 nitrogen and oxygen atoms in total.